The lowest BCUT2D eigenvalue weighted by Gasteiger charge is -2.40. The second-order valence-corrected chi connectivity index (χ2v) is 6.81. The predicted molar refractivity (Wildman–Crippen MR) is 85.6 cm³/mol. The minimum atomic E-state index is -0.919. The molecule has 7 heteroatoms. The summed E-state index contributed by atoms with van der Waals surface area (Å²) >= 11 is 1.13. The number of thiazole rings is 1. The molecular weight excluding hydrogens is 317 g/mol. The number of benzene rings is 1. The van der Waals surface area contributed by atoms with Crippen molar-refractivity contribution in [3.63, 3.8) is 0 Å². The quantitative estimate of drug-likeness (QED) is 0.917. The maximum absolute atomic E-state index is 13.8. The predicted octanol–water partition coefficient (Wildman–Crippen LogP) is 2.30. The molecular formula is C16H16FN3O2S. The second kappa shape index (κ2) is 5.73. The molecule has 0 unspecified atom stereocenters. The van der Waals surface area contributed by atoms with E-state index in [0.717, 1.165) is 11.3 Å². The van der Waals surface area contributed by atoms with Crippen LogP contribution in [0.5, 0.6) is 0 Å². The van der Waals surface area contributed by atoms with Gasteiger partial charge in [-0.25, -0.2) is 9.37 Å². The molecule has 0 bridgehead atoms. The van der Waals surface area contributed by atoms with E-state index < -0.39 is 5.54 Å². The normalized spacial score (nSPS) is 17.0. The highest BCUT2D eigenvalue weighted by Gasteiger charge is 2.41. The maximum Gasteiger partial charge on any atom is 0.266 e. The van der Waals surface area contributed by atoms with Gasteiger partial charge in [-0.2, -0.15) is 0 Å². The first-order valence-electron chi connectivity index (χ1n) is 7.22. The van der Waals surface area contributed by atoms with E-state index >= 15 is 0 Å². The highest BCUT2D eigenvalue weighted by atomic mass is 32.1. The number of carbonyl (C=O) groups excluding carboxylic acids is 2. The number of halogens is 1. The van der Waals surface area contributed by atoms with Crippen LogP contribution >= 0.6 is 11.3 Å². The highest BCUT2D eigenvalue weighted by Crippen LogP contribution is 2.29. The van der Waals surface area contributed by atoms with Gasteiger partial charge in [0.1, 0.15) is 21.2 Å². The van der Waals surface area contributed by atoms with Crippen LogP contribution in [0.25, 0.3) is 10.6 Å². The Balaban J connectivity index is 1.90. The van der Waals surface area contributed by atoms with Crippen molar-refractivity contribution in [3.8, 4) is 10.6 Å². The van der Waals surface area contributed by atoms with Crippen molar-refractivity contribution < 1.29 is 14.0 Å². The molecule has 1 saturated heterocycles. The van der Waals surface area contributed by atoms with Gasteiger partial charge in [0.15, 0.2) is 0 Å². The Bertz CT molecular complexity index is 772. The number of nitrogens with zero attached hydrogens (tertiary/aromatic N) is 2. The van der Waals surface area contributed by atoms with Gasteiger partial charge in [0.25, 0.3) is 5.91 Å². The summed E-state index contributed by atoms with van der Waals surface area (Å²) in [5, 5.41) is 3.20. The molecule has 23 heavy (non-hydrogen) atoms. The fraction of sp³-hybridized carbons (Fsp3) is 0.312. The summed E-state index contributed by atoms with van der Waals surface area (Å²) in [4.78, 5) is 30.8. The van der Waals surface area contributed by atoms with Gasteiger partial charge in [-0.1, -0.05) is 12.1 Å². The van der Waals surface area contributed by atoms with Crippen LogP contribution in [0.15, 0.2) is 30.5 Å². The van der Waals surface area contributed by atoms with Gasteiger partial charge in [0, 0.05) is 18.7 Å². The Morgan fingerprint density at radius 1 is 1.39 bits per heavy atom. The highest BCUT2D eigenvalue weighted by molar-refractivity contribution is 7.16. The Hall–Kier alpha value is -2.28. The average Bonchev–Trinajstić information content (AvgIpc) is 2.99. The third-order valence-corrected chi connectivity index (χ3v) is 4.94. The third-order valence-electron chi connectivity index (χ3n) is 3.92. The minimum absolute atomic E-state index is 0.184. The molecule has 1 aliphatic rings. The SMILES string of the molecule is CC1(C)C(=O)NCCN1C(=O)c1cnc(-c2ccccc2F)s1. The first-order chi connectivity index (χ1) is 10.9. The summed E-state index contributed by atoms with van der Waals surface area (Å²) in [6, 6.07) is 6.31. The molecule has 0 saturated carbocycles. The zero-order valence-corrected chi connectivity index (χ0v) is 13.6. The smallest absolute Gasteiger partial charge is 0.266 e. The molecule has 1 aromatic heterocycles. The Morgan fingerprint density at radius 3 is 2.87 bits per heavy atom. The topological polar surface area (TPSA) is 62.3 Å². The summed E-state index contributed by atoms with van der Waals surface area (Å²) < 4.78 is 13.8. The first kappa shape index (κ1) is 15.6. The molecule has 1 N–H and O–H groups in total. The maximum atomic E-state index is 13.8. The van der Waals surface area contributed by atoms with Crippen LogP contribution in [-0.4, -0.2) is 40.3 Å². The van der Waals surface area contributed by atoms with E-state index in [1.165, 1.54) is 17.2 Å². The summed E-state index contributed by atoms with van der Waals surface area (Å²) in [5.41, 5.74) is -0.551. The van der Waals surface area contributed by atoms with E-state index in [9.17, 15) is 14.0 Å². The van der Waals surface area contributed by atoms with E-state index in [1.54, 1.807) is 32.0 Å². The van der Waals surface area contributed by atoms with Crippen molar-refractivity contribution in [3.05, 3.63) is 41.2 Å². The second-order valence-electron chi connectivity index (χ2n) is 5.78. The van der Waals surface area contributed by atoms with Crippen LogP contribution < -0.4 is 5.32 Å². The van der Waals surface area contributed by atoms with Gasteiger partial charge >= 0.3 is 0 Å². The van der Waals surface area contributed by atoms with Gasteiger partial charge in [0.2, 0.25) is 5.91 Å². The van der Waals surface area contributed by atoms with Gasteiger partial charge in [-0.05, 0) is 26.0 Å². The fourth-order valence-corrected chi connectivity index (χ4v) is 3.41. The summed E-state index contributed by atoms with van der Waals surface area (Å²) in [6.45, 7) is 4.27. The van der Waals surface area contributed by atoms with Crippen molar-refractivity contribution in [2.24, 2.45) is 0 Å². The number of hydrogen-bond donors (Lipinski definition) is 1. The van der Waals surface area contributed by atoms with Crippen molar-refractivity contribution >= 4 is 23.2 Å². The lowest BCUT2D eigenvalue weighted by atomic mass is 9.99. The molecule has 120 valence electrons. The molecule has 2 aromatic rings. The molecule has 3 rings (SSSR count). The van der Waals surface area contributed by atoms with Crippen LogP contribution in [-0.2, 0) is 4.79 Å². The number of hydrogen-bond acceptors (Lipinski definition) is 4. The number of rotatable bonds is 2. The lowest BCUT2D eigenvalue weighted by Crippen LogP contribution is -2.63. The number of carbonyl (C=O) groups is 2. The molecule has 5 nitrogen and oxygen atoms in total. The monoisotopic (exact) mass is 333 g/mol. The fourth-order valence-electron chi connectivity index (χ4n) is 2.52. The van der Waals surface area contributed by atoms with Crippen LogP contribution in [0.4, 0.5) is 4.39 Å². The van der Waals surface area contributed by atoms with Crippen molar-refractivity contribution in [1.82, 2.24) is 15.2 Å². The Labute approximate surface area is 137 Å². The van der Waals surface area contributed by atoms with Gasteiger partial charge < -0.3 is 10.2 Å². The van der Waals surface area contributed by atoms with Gasteiger partial charge in [0.05, 0.1) is 6.20 Å². The van der Waals surface area contributed by atoms with Crippen molar-refractivity contribution in [2.45, 2.75) is 19.4 Å². The molecule has 0 radical (unpaired) electrons. The minimum Gasteiger partial charge on any atom is -0.352 e. The summed E-state index contributed by atoms with van der Waals surface area (Å²) in [7, 11) is 0. The Morgan fingerprint density at radius 2 is 2.13 bits per heavy atom. The molecule has 1 aliphatic heterocycles. The molecule has 0 aliphatic carbocycles. The Kier molecular flexibility index (Phi) is 3.89. The van der Waals surface area contributed by atoms with Crippen LogP contribution in [0.1, 0.15) is 23.5 Å². The molecule has 1 aromatic carbocycles. The van der Waals surface area contributed by atoms with E-state index in [1.807, 2.05) is 0 Å². The standard InChI is InChI=1S/C16H16FN3O2S/c1-16(2)15(22)18-7-8-20(16)14(21)12-9-19-13(23-12)10-5-3-4-6-11(10)17/h3-6,9H,7-8H2,1-2H3,(H,18,22). The van der Waals surface area contributed by atoms with E-state index in [4.69, 9.17) is 0 Å². The van der Waals surface area contributed by atoms with Crippen LogP contribution in [0.3, 0.4) is 0 Å². The molecule has 0 spiro atoms. The summed E-state index contributed by atoms with van der Waals surface area (Å²) in [6.07, 6.45) is 1.44. The van der Waals surface area contributed by atoms with Crippen molar-refractivity contribution in [2.75, 3.05) is 13.1 Å². The number of piperazine rings is 1. The largest absolute Gasteiger partial charge is 0.352 e. The van der Waals surface area contributed by atoms with Gasteiger partial charge in [-0.15, -0.1) is 11.3 Å². The van der Waals surface area contributed by atoms with E-state index in [-0.39, 0.29) is 17.6 Å². The lowest BCUT2D eigenvalue weighted by molar-refractivity contribution is -0.133. The van der Waals surface area contributed by atoms with E-state index in [2.05, 4.69) is 10.3 Å². The van der Waals surface area contributed by atoms with Crippen LogP contribution in [0, 0.1) is 5.82 Å². The summed E-state index contributed by atoms with van der Waals surface area (Å²) in [5.74, 6) is -0.820. The number of aromatic nitrogens is 1. The van der Waals surface area contributed by atoms with Gasteiger partial charge in [-0.3, -0.25) is 9.59 Å². The number of nitrogens with one attached hydrogen (secondary N) is 1. The average molecular weight is 333 g/mol. The molecule has 2 heterocycles. The first-order valence-corrected chi connectivity index (χ1v) is 8.04. The van der Waals surface area contributed by atoms with Crippen LogP contribution in [0.2, 0.25) is 0 Å². The van der Waals surface area contributed by atoms with E-state index in [0.29, 0.717) is 28.5 Å². The molecule has 2 amide bonds. The molecule has 0 atom stereocenters. The zero-order chi connectivity index (χ0) is 16.6. The van der Waals surface area contributed by atoms with Crippen molar-refractivity contribution in [1.29, 1.82) is 0 Å². The number of amides is 2. The third kappa shape index (κ3) is 2.72. The zero-order valence-electron chi connectivity index (χ0n) is 12.8. The molecule has 1 fully saturated rings.